The predicted octanol–water partition coefficient (Wildman–Crippen LogP) is 4.69. The summed E-state index contributed by atoms with van der Waals surface area (Å²) >= 11 is 1.21. The average molecular weight is 630 g/mol. The minimum atomic E-state index is -0.796. The fraction of sp³-hybridized carbons (Fsp3) is 0.242. The van der Waals surface area contributed by atoms with E-state index >= 15 is 0 Å². The first-order valence-corrected chi connectivity index (χ1v) is 15.0. The smallest absolute Gasteiger partial charge is 0.338 e. The van der Waals surface area contributed by atoms with Crippen LogP contribution in [-0.2, 0) is 16.1 Å². The van der Waals surface area contributed by atoms with E-state index in [1.165, 1.54) is 35.1 Å². The first kappa shape index (κ1) is 31.2. The third-order valence-corrected chi connectivity index (χ3v) is 8.04. The number of aromatic nitrogens is 1. The van der Waals surface area contributed by atoms with Crippen molar-refractivity contribution in [3.63, 3.8) is 0 Å². The highest BCUT2D eigenvalue weighted by Gasteiger charge is 2.35. The van der Waals surface area contributed by atoms with Crippen molar-refractivity contribution < 1.29 is 28.7 Å². The van der Waals surface area contributed by atoms with Gasteiger partial charge < -0.3 is 18.9 Å². The van der Waals surface area contributed by atoms with Crippen molar-refractivity contribution in [2.24, 2.45) is 4.99 Å². The molecule has 3 aromatic carbocycles. The molecule has 232 valence electrons. The second-order valence-corrected chi connectivity index (χ2v) is 10.9. The van der Waals surface area contributed by atoms with Gasteiger partial charge in [0.05, 0.1) is 41.0 Å². The van der Waals surface area contributed by atoms with E-state index in [4.69, 9.17) is 18.9 Å². The fourth-order valence-electron chi connectivity index (χ4n) is 5.00. The van der Waals surface area contributed by atoms with Gasteiger partial charge in [-0.05, 0) is 68.3 Å². The molecular formula is C33H31N3O8S. The molecule has 0 N–H and O–H groups in total. The SMILES string of the molecule is CCOC(=O)C1=C(C)N=c2s/c(=C\c3ccc(OCc4ccc([N+](=O)[O-])cc4)c(OC)c3)c(=O)n2[C@H]1c1ccccc1OCC. The Morgan fingerprint density at radius 3 is 2.47 bits per heavy atom. The first-order valence-electron chi connectivity index (χ1n) is 14.2. The van der Waals surface area contributed by atoms with Crippen molar-refractivity contribution in [1.82, 2.24) is 4.57 Å². The van der Waals surface area contributed by atoms with Gasteiger partial charge in [-0.1, -0.05) is 35.6 Å². The summed E-state index contributed by atoms with van der Waals surface area (Å²) in [5.41, 5.74) is 2.52. The van der Waals surface area contributed by atoms with E-state index in [-0.39, 0.29) is 30.0 Å². The van der Waals surface area contributed by atoms with Gasteiger partial charge in [-0.15, -0.1) is 0 Å². The van der Waals surface area contributed by atoms with Gasteiger partial charge in [0.2, 0.25) is 0 Å². The lowest BCUT2D eigenvalue weighted by Crippen LogP contribution is -2.40. The quantitative estimate of drug-likeness (QED) is 0.133. The number of rotatable bonds is 11. The van der Waals surface area contributed by atoms with Crippen molar-refractivity contribution in [2.45, 2.75) is 33.4 Å². The van der Waals surface area contributed by atoms with E-state index in [0.717, 1.165) is 5.56 Å². The number of nitrogens with zero attached hydrogens (tertiary/aromatic N) is 3. The topological polar surface area (TPSA) is 131 Å². The summed E-state index contributed by atoms with van der Waals surface area (Å²) in [6.07, 6.45) is 1.74. The third-order valence-electron chi connectivity index (χ3n) is 7.06. The normalized spacial score (nSPS) is 14.4. The Morgan fingerprint density at radius 1 is 1.02 bits per heavy atom. The van der Waals surface area contributed by atoms with Crippen molar-refractivity contribution in [2.75, 3.05) is 20.3 Å². The Kier molecular flexibility index (Phi) is 9.43. The zero-order valence-electron chi connectivity index (χ0n) is 25.1. The number of methoxy groups -OCH3 is 1. The molecule has 0 unspecified atom stereocenters. The number of para-hydroxylation sites is 1. The average Bonchev–Trinajstić information content (AvgIpc) is 3.34. The van der Waals surface area contributed by atoms with Crippen LogP contribution in [0.3, 0.4) is 0 Å². The van der Waals surface area contributed by atoms with Crippen LogP contribution in [0.2, 0.25) is 0 Å². The molecule has 0 amide bonds. The standard InChI is InChI=1S/C33H31N3O8S/c1-5-42-25-10-8-7-9-24(25)30-29(32(38)43-6-2)20(3)34-33-35(30)31(37)28(45-33)18-22-13-16-26(27(17-22)41-4)44-19-21-11-14-23(15-12-21)36(39)40/h7-18,30H,5-6,19H2,1-4H3/b28-18-/t30-/m0/s1. The number of nitro groups is 1. The highest BCUT2D eigenvalue weighted by atomic mass is 32.1. The fourth-order valence-corrected chi connectivity index (χ4v) is 6.05. The van der Waals surface area contributed by atoms with Gasteiger partial charge in [0.15, 0.2) is 16.3 Å². The van der Waals surface area contributed by atoms with Crippen LogP contribution in [0.15, 0.2) is 87.8 Å². The van der Waals surface area contributed by atoms with Gasteiger partial charge >= 0.3 is 5.97 Å². The van der Waals surface area contributed by atoms with Gasteiger partial charge in [-0.25, -0.2) is 9.79 Å². The molecule has 0 radical (unpaired) electrons. The van der Waals surface area contributed by atoms with Crippen LogP contribution in [-0.4, -0.2) is 35.8 Å². The van der Waals surface area contributed by atoms with E-state index in [9.17, 15) is 19.7 Å². The molecule has 1 atom stereocenters. The van der Waals surface area contributed by atoms with Crippen LogP contribution in [0, 0.1) is 10.1 Å². The Balaban J connectivity index is 1.53. The molecule has 1 aliphatic heterocycles. The molecule has 0 saturated carbocycles. The van der Waals surface area contributed by atoms with E-state index in [1.807, 2.05) is 31.2 Å². The van der Waals surface area contributed by atoms with Gasteiger partial charge in [-0.3, -0.25) is 19.5 Å². The van der Waals surface area contributed by atoms with Crippen LogP contribution < -0.4 is 29.1 Å². The maximum absolute atomic E-state index is 14.0. The first-order chi connectivity index (χ1) is 21.7. The number of thiazole rings is 1. The molecule has 1 aliphatic rings. The number of benzene rings is 3. The molecular weight excluding hydrogens is 598 g/mol. The van der Waals surface area contributed by atoms with E-state index in [0.29, 0.717) is 50.0 Å². The van der Waals surface area contributed by atoms with Gasteiger partial charge in [0.25, 0.3) is 11.2 Å². The summed E-state index contributed by atoms with van der Waals surface area (Å²) in [6, 6.07) is 17.9. The molecule has 12 heteroatoms. The molecule has 0 bridgehead atoms. The molecule has 45 heavy (non-hydrogen) atoms. The van der Waals surface area contributed by atoms with Crippen LogP contribution in [0.4, 0.5) is 5.69 Å². The summed E-state index contributed by atoms with van der Waals surface area (Å²) in [6.45, 7) is 6.10. The Bertz CT molecular complexity index is 1960. The summed E-state index contributed by atoms with van der Waals surface area (Å²) < 4.78 is 24.7. The summed E-state index contributed by atoms with van der Waals surface area (Å²) in [4.78, 5) is 42.8. The highest BCUT2D eigenvalue weighted by molar-refractivity contribution is 7.07. The molecule has 4 aromatic rings. The van der Waals surface area contributed by atoms with Crippen LogP contribution in [0.5, 0.6) is 17.2 Å². The Labute approximate surface area is 262 Å². The monoisotopic (exact) mass is 629 g/mol. The van der Waals surface area contributed by atoms with Gasteiger partial charge in [-0.2, -0.15) is 0 Å². The van der Waals surface area contributed by atoms with Crippen molar-refractivity contribution in [1.29, 1.82) is 0 Å². The maximum atomic E-state index is 14.0. The maximum Gasteiger partial charge on any atom is 0.338 e. The van der Waals surface area contributed by atoms with E-state index in [2.05, 4.69) is 4.99 Å². The summed E-state index contributed by atoms with van der Waals surface area (Å²) in [7, 11) is 1.52. The number of allylic oxidation sites excluding steroid dienone is 1. The van der Waals surface area contributed by atoms with E-state index < -0.39 is 16.9 Å². The molecule has 0 fully saturated rings. The van der Waals surface area contributed by atoms with Crippen molar-refractivity contribution in [3.05, 3.63) is 124 Å². The number of carbonyl (C=O) groups is 1. The lowest BCUT2D eigenvalue weighted by atomic mass is 9.95. The van der Waals surface area contributed by atoms with Crippen molar-refractivity contribution >= 4 is 29.1 Å². The largest absolute Gasteiger partial charge is 0.494 e. The summed E-state index contributed by atoms with van der Waals surface area (Å²) in [5, 5.41) is 10.9. The molecule has 0 aliphatic carbocycles. The molecule has 2 heterocycles. The zero-order valence-corrected chi connectivity index (χ0v) is 26.0. The Hall–Kier alpha value is -5.23. The Morgan fingerprint density at radius 2 is 1.78 bits per heavy atom. The number of fused-ring (bicyclic) bond motifs is 1. The van der Waals surface area contributed by atoms with E-state index in [1.54, 1.807) is 50.3 Å². The molecule has 1 aromatic heterocycles. The zero-order chi connectivity index (χ0) is 32.1. The molecule has 11 nitrogen and oxygen atoms in total. The van der Waals surface area contributed by atoms with Gasteiger partial charge in [0.1, 0.15) is 18.4 Å². The number of ether oxygens (including phenoxy) is 4. The molecule has 5 rings (SSSR count). The number of hydrogen-bond donors (Lipinski definition) is 0. The minimum Gasteiger partial charge on any atom is -0.494 e. The lowest BCUT2D eigenvalue weighted by molar-refractivity contribution is -0.384. The van der Waals surface area contributed by atoms with Gasteiger partial charge in [0, 0.05) is 17.7 Å². The second kappa shape index (κ2) is 13.6. The number of esters is 1. The number of carbonyl (C=O) groups excluding carboxylic acids is 1. The predicted molar refractivity (Wildman–Crippen MR) is 168 cm³/mol. The van der Waals surface area contributed by atoms with Crippen LogP contribution >= 0.6 is 11.3 Å². The minimum absolute atomic E-state index is 0.00284. The highest BCUT2D eigenvalue weighted by Crippen LogP contribution is 2.36. The van der Waals surface area contributed by atoms with Crippen LogP contribution in [0.1, 0.15) is 43.5 Å². The summed E-state index contributed by atoms with van der Waals surface area (Å²) in [5.74, 6) is 0.933. The number of hydrogen-bond acceptors (Lipinski definition) is 10. The third kappa shape index (κ3) is 6.50. The molecule has 0 saturated heterocycles. The number of nitro benzene ring substituents is 1. The molecule has 0 spiro atoms. The van der Waals surface area contributed by atoms with Crippen LogP contribution in [0.25, 0.3) is 6.08 Å². The number of non-ortho nitro benzene ring substituents is 1. The van der Waals surface area contributed by atoms with Crippen molar-refractivity contribution in [3.8, 4) is 17.2 Å². The lowest BCUT2D eigenvalue weighted by Gasteiger charge is -2.26. The second-order valence-electron chi connectivity index (χ2n) is 9.90.